The number of terminal acetylenes is 1. The molecule has 1 fully saturated rings. The summed E-state index contributed by atoms with van der Waals surface area (Å²) in [4.78, 5) is 41.3. The third-order valence-corrected chi connectivity index (χ3v) is 12.8. The molecule has 6 unspecified atom stereocenters. The molecule has 1 rings (SSSR count). The van der Waals surface area contributed by atoms with E-state index in [0.29, 0.717) is 76.5 Å². The van der Waals surface area contributed by atoms with Crippen molar-refractivity contribution in [3.8, 4) is 31.2 Å². The number of nitrogens with one attached hydrogen (secondary N) is 2. The van der Waals surface area contributed by atoms with Crippen molar-refractivity contribution in [1.29, 1.82) is 21.2 Å². The Hall–Kier alpha value is -4.08. The molecule has 0 aromatic rings. The summed E-state index contributed by atoms with van der Waals surface area (Å²) in [6.07, 6.45) is 20.0. The van der Waals surface area contributed by atoms with Gasteiger partial charge in [0.1, 0.15) is 24.5 Å². The number of carboxylic acid groups (broad SMARTS) is 1. The van der Waals surface area contributed by atoms with Gasteiger partial charge in [0.2, 0.25) is 11.8 Å². The predicted octanol–water partition coefficient (Wildman–Crippen LogP) is 3.75. The lowest BCUT2D eigenvalue weighted by atomic mass is 10.1. The fourth-order valence-corrected chi connectivity index (χ4v) is 7.28. The summed E-state index contributed by atoms with van der Waals surface area (Å²) in [5.41, 5.74) is 31.1. The van der Waals surface area contributed by atoms with Gasteiger partial charge in [-0.2, -0.15) is 10.5 Å². The quantitative estimate of drug-likeness (QED) is 0.0103. The number of primary amides is 2. The Labute approximate surface area is 619 Å². The number of aldehydes is 1. The topological polar surface area (TPSA) is 618 Å². The highest BCUT2D eigenvalue weighted by atomic mass is 128. The Kier molecular flexibility index (Phi) is 114. The first-order chi connectivity index (χ1) is 46.1. The number of hydrogen-bond donors (Lipinski definition) is 11. The van der Waals surface area contributed by atoms with Crippen LogP contribution in [0.3, 0.4) is 0 Å². The van der Waals surface area contributed by atoms with Gasteiger partial charge in [-0.15, -0.1) is 0 Å². The first-order valence-corrected chi connectivity index (χ1v) is 36.9. The molecular weight excluding hydrogens is 1550 g/mol. The lowest BCUT2D eigenvalue weighted by Crippen LogP contribution is -2.38. The summed E-state index contributed by atoms with van der Waals surface area (Å²) in [5, 5.41) is 51.4. The monoisotopic (exact) mass is 1680 g/mol. The molecule has 0 saturated carbocycles. The second kappa shape index (κ2) is 92.9. The molecule has 38 heteroatoms. The van der Waals surface area contributed by atoms with Crippen molar-refractivity contribution in [2.24, 2.45) is 34.4 Å². The number of rotatable bonds is 45. The van der Waals surface area contributed by atoms with E-state index in [1.54, 1.807) is 106 Å². The highest BCUT2D eigenvalue weighted by molar-refractivity contribution is 15.0. The third-order valence-electron chi connectivity index (χ3n) is 12.8. The number of carbonyl (C=O) groups is 4. The van der Waals surface area contributed by atoms with Crippen LogP contribution in [0.15, 0.2) is 0 Å². The number of aliphatic carboxylic acids is 1. The smallest absolute Gasteiger partial charge is 0.320 e. The summed E-state index contributed by atoms with van der Waals surface area (Å²) in [6.45, 7) is 7.35. The number of ether oxygens (including phenoxy) is 16. The summed E-state index contributed by atoms with van der Waals surface area (Å²) in [5.74, 6) is -1.57. The number of aliphatic hydroxyl groups is 1. The van der Waals surface area contributed by atoms with Gasteiger partial charge in [-0.3, -0.25) is 25.1 Å². The Morgan fingerprint density at radius 3 is 1.02 bits per heavy atom. The Bertz CT molecular complexity index is 1780. The van der Waals surface area contributed by atoms with E-state index >= 15 is 0 Å². The van der Waals surface area contributed by atoms with Crippen LogP contribution in [0.5, 0.6) is 0 Å². The molecule has 1 heterocycles. The number of halogens is 2. The number of amides is 2. The fourth-order valence-electron chi connectivity index (χ4n) is 7.28. The van der Waals surface area contributed by atoms with Crippen molar-refractivity contribution in [2.45, 2.75) is 235 Å². The maximum atomic E-state index is 10.5. The van der Waals surface area contributed by atoms with Crippen LogP contribution in [0.2, 0.25) is 0 Å². The molecule has 0 aliphatic carbocycles. The molecule has 0 spiro atoms. The number of aliphatic hydroxyl groups excluding tert-OH is 1. The lowest BCUT2D eigenvalue weighted by molar-refractivity contribution is -0.139. The third kappa shape index (κ3) is 88.1. The highest BCUT2D eigenvalue weighted by Crippen LogP contribution is 2.20. The van der Waals surface area contributed by atoms with E-state index in [0.717, 1.165) is 70.5 Å². The summed E-state index contributed by atoms with van der Waals surface area (Å²) < 4.78 is 79.0. The zero-order chi connectivity index (χ0) is 77.0. The predicted molar refractivity (Wildman–Crippen MR) is 395 cm³/mol. The van der Waals surface area contributed by atoms with E-state index in [4.69, 9.17) is 137 Å². The van der Waals surface area contributed by atoms with Crippen molar-refractivity contribution < 1.29 is 116 Å². The molecule has 0 aromatic heterocycles. The van der Waals surface area contributed by atoms with Gasteiger partial charge in [0.05, 0.1) is 43.4 Å². The standard InChI is InChI=1S/C11H22N2O3.2C8H18N2O3.C8H16N2O2.C8H17NO4.C8H15NO3.C7H14O3.C3H4O.CHN.I2.H3N.2H2O/c1-11(2)13-8(10(12)16-11)6-5-7-9(14-3)15-4;2*1-12-7(13-2)5-3-4-6(9)8(10)11;1-11-8(12-2)5-3-4-7(10)6-9;1-12-7(13-2)5-3-4-6(9)8(10)11;1-11-8(12-2)5-3-4-7(10)6-9;1-9-7(10-2)5-3-4-6-8;1-3-4-2;2*1-2;;;/h8-9,12-13H,5-7H2,1-4H3;2*6-7H,3-5,9H2,1-2H3,(H2,10,11);7-8H,3-5,10H2,1-2H3;6-7H,3-5,9H2,1-2H3,(H,10,11);7-8,10H,3-5H2,1-2H3;6-7H,3-5H2,1-2H3;1H,2H3;1H;;1H3;2*1H2. The van der Waals surface area contributed by atoms with E-state index in [1.807, 2.05) is 26.0 Å². The van der Waals surface area contributed by atoms with E-state index in [-0.39, 0.29) is 73.2 Å². The van der Waals surface area contributed by atoms with Crippen LogP contribution in [0.1, 0.15) is 149 Å². The number of carboxylic acids is 1. The molecule has 2 amide bonds. The second-order valence-electron chi connectivity index (χ2n) is 20.3. The van der Waals surface area contributed by atoms with Crippen molar-refractivity contribution in [3.63, 3.8) is 0 Å². The Balaban J connectivity index is -0.0000000885. The minimum absolute atomic E-state index is 0. The van der Waals surface area contributed by atoms with Crippen molar-refractivity contribution in [2.75, 3.05) is 107 Å². The fraction of sp³-hybridized carbons (Fsp3) is 0.839. The van der Waals surface area contributed by atoms with E-state index in [9.17, 15) is 19.2 Å². The normalized spacial score (nSPS) is 13.3. The number of hydrogen-bond acceptors (Lipinski definition) is 31. The molecule has 1 aliphatic rings. The van der Waals surface area contributed by atoms with Crippen LogP contribution in [-0.4, -0.2) is 244 Å². The Morgan fingerprint density at radius 1 is 0.540 bits per heavy atom. The molecule has 0 aromatic carbocycles. The van der Waals surface area contributed by atoms with Gasteiger partial charge in [-0.25, -0.2) is 5.26 Å². The van der Waals surface area contributed by atoms with Crippen molar-refractivity contribution in [1.82, 2.24) is 11.5 Å². The zero-order valence-electron chi connectivity index (χ0n) is 62.4. The van der Waals surface area contributed by atoms with E-state index in [2.05, 4.69) is 60.3 Å². The van der Waals surface area contributed by atoms with E-state index in [1.165, 1.54) is 7.11 Å². The van der Waals surface area contributed by atoms with Crippen LogP contribution in [0.25, 0.3) is 0 Å². The molecule has 6 atom stereocenters. The van der Waals surface area contributed by atoms with Gasteiger partial charge in [-0.05, 0) is 142 Å². The molecule has 36 nitrogen and oxygen atoms in total. The van der Waals surface area contributed by atoms with E-state index < -0.39 is 47.7 Å². The van der Waals surface area contributed by atoms with Crippen LogP contribution in [0.4, 0.5) is 0 Å². The number of nitrogens with zero attached hydrogens (tertiary/aromatic N) is 3. The lowest BCUT2D eigenvalue weighted by Gasteiger charge is -2.17. The number of methoxy groups -OCH3 is 15. The largest absolute Gasteiger partial charge is 0.480 e. The SMILES string of the molecule is C#COC.C#N.COC(CCCC(N)C#N)OC.COC(CCCC(N)C(=O)O)OC.COC(CCCC(N)C(N)=O)OC.COC(CCCC(N)C(N)=O)OC.COC(CCCC(O)C#N)OC.COC(CCCC1NC(C)(C)OC1=N)OC.COC(CCCC=O)OC.II.N.O.O. The molecule has 1 aliphatic heterocycles. The first kappa shape index (κ1) is 123. The first-order valence-electron chi connectivity index (χ1n) is 30.6. The van der Waals surface area contributed by atoms with Gasteiger partial charge in [-0.1, -0.05) is 6.42 Å². The maximum Gasteiger partial charge on any atom is 0.320 e. The van der Waals surface area contributed by atoms with Crippen molar-refractivity contribution in [3.05, 3.63) is 0 Å². The average molecular weight is 1680 g/mol. The van der Waals surface area contributed by atoms with Gasteiger partial charge < -0.3 is 142 Å². The summed E-state index contributed by atoms with van der Waals surface area (Å²) in [6, 6.07) is 1.47. The Morgan fingerprint density at radius 2 is 0.800 bits per heavy atom. The van der Waals surface area contributed by atoms with Crippen LogP contribution < -0.4 is 45.9 Å². The average Bonchev–Trinajstić information content (AvgIpc) is 1.70. The minimum Gasteiger partial charge on any atom is -0.480 e. The zero-order valence-corrected chi connectivity index (χ0v) is 66.7. The van der Waals surface area contributed by atoms with Crippen LogP contribution in [-0.2, 0) is 95.0 Å². The molecule has 0 radical (unpaired) electrons. The molecule has 0 bridgehead atoms. The van der Waals surface area contributed by atoms with Gasteiger partial charge >= 0.3 is 5.97 Å². The highest BCUT2D eigenvalue weighted by Gasteiger charge is 2.36. The number of unbranched alkanes of at least 4 members (excludes halogenated alkanes) is 1. The molecule has 1 saturated heterocycles. The van der Waals surface area contributed by atoms with Gasteiger partial charge in [0, 0.05) is 150 Å². The molecule has 100 heavy (non-hydrogen) atoms. The van der Waals surface area contributed by atoms with Crippen LogP contribution in [0, 0.1) is 52.4 Å². The number of carbonyl (C=O) groups excluding carboxylic acids is 3. The number of nitrogens with two attached hydrogens (primary N) is 6. The molecule has 23 N–H and O–H groups in total. The van der Waals surface area contributed by atoms with Gasteiger partial charge in [0.25, 0.3) is 0 Å². The summed E-state index contributed by atoms with van der Waals surface area (Å²) >= 11 is 4.24. The van der Waals surface area contributed by atoms with Crippen molar-refractivity contribution >= 4 is 67.2 Å². The van der Waals surface area contributed by atoms with Crippen LogP contribution >= 0.6 is 37.2 Å². The second-order valence-corrected chi connectivity index (χ2v) is 20.3. The van der Waals surface area contributed by atoms with Gasteiger partial charge in [0.15, 0.2) is 55.7 Å². The number of nitriles is 3. The maximum absolute atomic E-state index is 10.5. The molecule has 598 valence electrons. The summed E-state index contributed by atoms with van der Waals surface area (Å²) in [7, 11) is 23.6. The molecular formula is C62H132I2N12O24. The minimum atomic E-state index is -0.966.